The largest absolute Gasteiger partial charge is 0.492 e. The maximum Gasteiger partial charge on any atom is 0.247 e. The molecule has 0 aliphatic carbocycles. The van der Waals surface area contributed by atoms with E-state index in [2.05, 4.69) is 4.90 Å². The second-order valence-electron chi connectivity index (χ2n) is 6.50. The van der Waals surface area contributed by atoms with Gasteiger partial charge in [-0.2, -0.15) is 0 Å². The number of likely N-dealkylation sites (N-methyl/N-ethyl adjacent to an activating group) is 1. The smallest absolute Gasteiger partial charge is 0.247 e. The number of nitrogens with two attached hydrogens (primary N) is 1. The molecule has 2 heterocycles. The molecule has 7 heteroatoms. The van der Waals surface area contributed by atoms with Gasteiger partial charge < -0.3 is 25.2 Å². The van der Waals surface area contributed by atoms with Crippen LogP contribution in [0.1, 0.15) is 6.92 Å². The predicted octanol–water partition coefficient (Wildman–Crippen LogP) is -0.185. The molecule has 3 N–H and O–H groups in total. The number of benzene rings is 1. The summed E-state index contributed by atoms with van der Waals surface area (Å²) in [7, 11) is 1.68. The van der Waals surface area contributed by atoms with Crippen molar-refractivity contribution < 1.29 is 19.4 Å². The van der Waals surface area contributed by atoms with E-state index in [1.165, 1.54) is 4.90 Å². The maximum absolute atomic E-state index is 12.1. The third-order valence-electron chi connectivity index (χ3n) is 4.16. The fraction of sp³-hybridized carbons (Fsp3) is 0.562. The van der Waals surface area contributed by atoms with E-state index in [0.717, 1.165) is 6.54 Å². The number of likely N-dealkylation sites (tertiary alicyclic amines) is 1. The Bertz CT molecular complexity index is 597. The van der Waals surface area contributed by atoms with Crippen molar-refractivity contribution in [1.82, 2.24) is 4.90 Å². The number of β-amino-alcohol motifs (C(OH)–C–C–N with tert-alkyl or cyclic N) is 1. The van der Waals surface area contributed by atoms with Crippen LogP contribution in [-0.2, 0) is 4.79 Å². The summed E-state index contributed by atoms with van der Waals surface area (Å²) in [6.07, 6.45) is 0. The molecule has 0 spiro atoms. The van der Waals surface area contributed by atoms with Crippen LogP contribution in [-0.4, -0.2) is 67.5 Å². The van der Waals surface area contributed by atoms with Crippen LogP contribution >= 0.6 is 0 Å². The summed E-state index contributed by atoms with van der Waals surface area (Å²) in [5, 5.41) is 9.69. The SMILES string of the molecule is CN1C(=O)[C@@H](N)COc2ccc(OCCN3CC(C)(O)C3)cc21. The van der Waals surface area contributed by atoms with Gasteiger partial charge in [0.25, 0.3) is 0 Å². The van der Waals surface area contributed by atoms with Crippen LogP contribution in [0, 0.1) is 0 Å². The van der Waals surface area contributed by atoms with E-state index in [-0.39, 0.29) is 12.5 Å². The van der Waals surface area contributed by atoms with Crippen molar-refractivity contribution in [1.29, 1.82) is 0 Å². The number of carbonyl (C=O) groups is 1. The Balaban J connectivity index is 1.61. The minimum Gasteiger partial charge on any atom is -0.492 e. The standard InChI is InChI=1S/C16H23N3O4/c1-16(21)9-19(10-16)5-6-22-11-3-4-14-13(7-11)18(2)15(20)12(17)8-23-14/h3-4,7,12,21H,5-6,8-10,17H2,1-2H3/t12-/m0/s1. The normalized spacial score (nSPS) is 23.6. The fourth-order valence-electron chi connectivity index (χ4n) is 2.96. The molecule has 3 rings (SSSR count). The molecule has 1 atom stereocenters. The first-order chi connectivity index (χ1) is 10.9. The number of aliphatic hydroxyl groups is 1. The lowest BCUT2D eigenvalue weighted by Crippen LogP contribution is -2.60. The van der Waals surface area contributed by atoms with E-state index >= 15 is 0 Å². The molecule has 2 aliphatic rings. The van der Waals surface area contributed by atoms with Gasteiger partial charge in [0.05, 0.1) is 11.3 Å². The van der Waals surface area contributed by atoms with Crippen LogP contribution < -0.4 is 20.1 Å². The Morgan fingerprint density at radius 1 is 1.48 bits per heavy atom. The highest BCUT2D eigenvalue weighted by molar-refractivity contribution is 5.98. The zero-order chi connectivity index (χ0) is 16.6. The van der Waals surface area contributed by atoms with Crippen molar-refractivity contribution in [2.45, 2.75) is 18.6 Å². The molecular formula is C16H23N3O4. The molecule has 0 aromatic heterocycles. The maximum atomic E-state index is 12.1. The molecule has 1 aromatic carbocycles. The van der Waals surface area contributed by atoms with E-state index in [9.17, 15) is 9.90 Å². The van der Waals surface area contributed by atoms with Gasteiger partial charge in [-0.3, -0.25) is 9.69 Å². The summed E-state index contributed by atoms with van der Waals surface area (Å²) in [5.41, 5.74) is 5.86. The Hall–Kier alpha value is -1.83. The number of carbonyl (C=O) groups excluding carboxylic acids is 1. The van der Waals surface area contributed by atoms with E-state index in [1.54, 1.807) is 19.2 Å². The molecule has 1 saturated heterocycles. The zero-order valence-electron chi connectivity index (χ0n) is 13.5. The molecule has 126 valence electrons. The Labute approximate surface area is 135 Å². The lowest BCUT2D eigenvalue weighted by atomic mass is 9.97. The molecule has 23 heavy (non-hydrogen) atoms. The van der Waals surface area contributed by atoms with Gasteiger partial charge in [-0.25, -0.2) is 0 Å². The number of ether oxygens (including phenoxy) is 2. The quantitative estimate of drug-likeness (QED) is 0.799. The number of amides is 1. The lowest BCUT2D eigenvalue weighted by Gasteiger charge is -2.44. The first kappa shape index (κ1) is 16.0. The minimum atomic E-state index is -0.657. The zero-order valence-corrected chi connectivity index (χ0v) is 13.5. The van der Waals surface area contributed by atoms with Crippen molar-refractivity contribution >= 4 is 11.6 Å². The molecular weight excluding hydrogens is 298 g/mol. The van der Waals surface area contributed by atoms with Crippen molar-refractivity contribution in [2.75, 3.05) is 44.8 Å². The van der Waals surface area contributed by atoms with Crippen LogP contribution in [0.25, 0.3) is 0 Å². The number of fused-ring (bicyclic) bond motifs is 1. The minimum absolute atomic E-state index is 0.172. The monoisotopic (exact) mass is 321 g/mol. The number of hydrogen-bond acceptors (Lipinski definition) is 6. The first-order valence-corrected chi connectivity index (χ1v) is 7.73. The van der Waals surface area contributed by atoms with Crippen molar-refractivity contribution in [3.63, 3.8) is 0 Å². The average Bonchev–Trinajstić information content (AvgIpc) is 2.58. The molecule has 0 bridgehead atoms. The number of nitrogens with zero attached hydrogens (tertiary/aromatic N) is 2. The van der Waals surface area contributed by atoms with Gasteiger partial charge in [0.1, 0.15) is 30.8 Å². The predicted molar refractivity (Wildman–Crippen MR) is 85.9 cm³/mol. The van der Waals surface area contributed by atoms with Gasteiger partial charge >= 0.3 is 0 Å². The Morgan fingerprint density at radius 3 is 2.91 bits per heavy atom. The van der Waals surface area contributed by atoms with Crippen LogP contribution in [0.3, 0.4) is 0 Å². The first-order valence-electron chi connectivity index (χ1n) is 7.73. The van der Waals surface area contributed by atoms with Crippen molar-refractivity contribution in [2.24, 2.45) is 5.73 Å². The summed E-state index contributed by atoms with van der Waals surface area (Å²) in [5.74, 6) is 1.12. The molecule has 1 aromatic rings. The molecule has 2 aliphatic heterocycles. The fourth-order valence-corrected chi connectivity index (χ4v) is 2.96. The summed E-state index contributed by atoms with van der Waals surface area (Å²) >= 11 is 0. The van der Waals surface area contributed by atoms with Crippen molar-refractivity contribution in [3.8, 4) is 11.5 Å². The van der Waals surface area contributed by atoms with Crippen LogP contribution in [0.2, 0.25) is 0 Å². The van der Waals surface area contributed by atoms with Crippen LogP contribution in [0.4, 0.5) is 5.69 Å². The average molecular weight is 321 g/mol. The van der Waals surface area contributed by atoms with E-state index in [1.807, 2.05) is 13.0 Å². The number of anilines is 1. The van der Waals surface area contributed by atoms with E-state index < -0.39 is 11.6 Å². The summed E-state index contributed by atoms with van der Waals surface area (Å²) in [6.45, 7) is 4.61. The highest BCUT2D eigenvalue weighted by Crippen LogP contribution is 2.34. The summed E-state index contributed by atoms with van der Waals surface area (Å²) < 4.78 is 11.3. The molecule has 1 amide bonds. The van der Waals surface area contributed by atoms with Gasteiger partial charge in [0, 0.05) is 32.7 Å². The Kier molecular flexibility index (Phi) is 4.18. The summed E-state index contributed by atoms with van der Waals surface area (Å²) in [6, 6.07) is 4.74. The topological polar surface area (TPSA) is 88.3 Å². The number of rotatable bonds is 4. The Morgan fingerprint density at radius 2 is 2.22 bits per heavy atom. The van der Waals surface area contributed by atoms with E-state index in [4.69, 9.17) is 15.2 Å². The molecule has 0 unspecified atom stereocenters. The lowest BCUT2D eigenvalue weighted by molar-refractivity contribution is -0.119. The summed E-state index contributed by atoms with van der Waals surface area (Å²) in [4.78, 5) is 15.7. The van der Waals surface area contributed by atoms with Crippen LogP contribution in [0.15, 0.2) is 18.2 Å². The van der Waals surface area contributed by atoms with Gasteiger partial charge in [0.2, 0.25) is 5.91 Å². The van der Waals surface area contributed by atoms with E-state index in [0.29, 0.717) is 36.9 Å². The van der Waals surface area contributed by atoms with Gasteiger partial charge in [0.15, 0.2) is 0 Å². The van der Waals surface area contributed by atoms with Gasteiger partial charge in [-0.05, 0) is 19.1 Å². The van der Waals surface area contributed by atoms with Crippen LogP contribution in [0.5, 0.6) is 11.5 Å². The third kappa shape index (κ3) is 3.41. The number of hydrogen-bond donors (Lipinski definition) is 2. The molecule has 0 radical (unpaired) electrons. The second kappa shape index (κ2) is 5.99. The second-order valence-corrected chi connectivity index (χ2v) is 6.50. The molecule has 1 fully saturated rings. The third-order valence-corrected chi connectivity index (χ3v) is 4.16. The molecule has 0 saturated carbocycles. The molecule has 7 nitrogen and oxygen atoms in total. The van der Waals surface area contributed by atoms with Crippen molar-refractivity contribution in [3.05, 3.63) is 18.2 Å². The highest BCUT2D eigenvalue weighted by atomic mass is 16.5. The van der Waals surface area contributed by atoms with Gasteiger partial charge in [-0.15, -0.1) is 0 Å². The highest BCUT2D eigenvalue weighted by Gasteiger charge is 2.35. The van der Waals surface area contributed by atoms with Gasteiger partial charge in [-0.1, -0.05) is 0 Å².